The molecule has 1 unspecified atom stereocenters. The van der Waals surface area contributed by atoms with Crippen LogP contribution in [0, 0.1) is 0 Å². The molecule has 1 fully saturated rings. The number of carbonyl (C=O) groups excluding carboxylic acids is 1. The summed E-state index contributed by atoms with van der Waals surface area (Å²) in [6, 6.07) is 7.18. The second-order valence-corrected chi connectivity index (χ2v) is 4.62. The molecule has 0 spiro atoms. The van der Waals surface area contributed by atoms with Gasteiger partial charge in [0.25, 0.3) is 0 Å². The largest absolute Gasteiger partial charge is 0.496 e. The van der Waals surface area contributed by atoms with Gasteiger partial charge in [-0.05, 0) is 18.9 Å². The van der Waals surface area contributed by atoms with Crippen LogP contribution in [0.3, 0.4) is 0 Å². The summed E-state index contributed by atoms with van der Waals surface area (Å²) >= 11 is 0. The number of methoxy groups -OCH3 is 1. The number of para-hydroxylation sites is 1. The molecule has 1 atom stereocenters. The molecule has 6 heteroatoms. The number of hydrogen-bond donors (Lipinski definition) is 3. The molecule has 1 saturated carbocycles. The van der Waals surface area contributed by atoms with Crippen LogP contribution in [0.1, 0.15) is 24.5 Å². The van der Waals surface area contributed by atoms with Crippen molar-refractivity contribution in [2.45, 2.75) is 24.5 Å². The lowest BCUT2D eigenvalue weighted by atomic mass is 10.1. The van der Waals surface area contributed by atoms with Gasteiger partial charge in [-0.1, -0.05) is 18.2 Å². The monoisotopic (exact) mass is 286 g/mol. The van der Waals surface area contributed by atoms with E-state index in [9.17, 15) is 9.90 Å². The van der Waals surface area contributed by atoms with E-state index in [-0.39, 0.29) is 24.9 Å². The van der Waals surface area contributed by atoms with Gasteiger partial charge in [0.15, 0.2) is 0 Å². The smallest absolute Gasteiger partial charge is 0.240 e. The molecule has 5 nitrogen and oxygen atoms in total. The van der Waals surface area contributed by atoms with Crippen LogP contribution in [0.15, 0.2) is 24.3 Å². The highest BCUT2D eigenvalue weighted by molar-refractivity contribution is 5.89. The summed E-state index contributed by atoms with van der Waals surface area (Å²) in [5, 5.41) is 12.7. The normalized spacial score (nSPS) is 17.0. The minimum Gasteiger partial charge on any atom is -0.496 e. The number of benzene rings is 1. The molecule has 106 valence electrons. The number of ether oxygens (including phenoxy) is 1. The first-order chi connectivity index (χ1) is 8.57. The van der Waals surface area contributed by atoms with E-state index in [0.29, 0.717) is 24.2 Å². The fraction of sp³-hybridized carbons (Fsp3) is 0.462. The number of halogens is 1. The predicted molar refractivity (Wildman–Crippen MR) is 74.4 cm³/mol. The molecule has 0 aromatic heterocycles. The molecular formula is C13H19ClN2O3. The highest BCUT2D eigenvalue weighted by Crippen LogP contribution is 2.32. The third kappa shape index (κ3) is 3.59. The van der Waals surface area contributed by atoms with E-state index in [1.54, 1.807) is 19.2 Å². The van der Waals surface area contributed by atoms with Crippen molar-refractivity contribution in [2.24, 2.45) is 5.73 Å². The van der Waals surface area contributed by atoms with E-state index in [4.69, 9.17) is 10.5 Å². The number of amides is 1. The highest BCUT2D eigenvalue weighted by atomic mass is 35.5. The molecule has 4 N–H and O–H groups in total. The molecule has 0 saturated heterocycles. The Balaban J connectivity index is 0.00000180. The van der Waals surface area contributed by atoms with Crippen molar-refractivity contribution in [3.63, 3.8) is 0 Å². The maximum Gasteiger partial charge on any atom is 0.240 e. The Bertz CT molecular complexity index is 449. The minimum absolute atomic E-state index is 0. The molecule has 0 bridgehead atoms. The number of aliphatic hydroxyl groups excluding tert-OH is 1. The van der Waals surface area contributed by atoms with Crippen LogP contribution < -0.4 is 15.8 Å². The van der Waals surface area contributed by atoms with Crippen LogP contribution in [-0.4, -0.2) is 30.2 Å². The van der Waals surface area contributed by atoms with Crippen LogP contribution >= 0.6 is 12.4 Å². The molecule has 1 aliphatic carbocycles. The van der Waals surface area contributed by atoms with Gasteiger partial charge in [-0.25, -0.2) is 0 Å². The van der Waals surface area contributed by atoms with Crippen molar-refractivity contribution < 1.29 is 14.6 Å². The van der Waals surface area contributed by atoms with E-state index in [2.05, 4.69) is 5.32 Å². The second-order valence-electron chi connectivity index (χ2n) is 4.62. The molecule has 1 aromatic carbocycles. The Morgan fingerprint density at radius 1 is 1.53 bits per heavy atom. The SMILES string of the molecule is COc1ccccc1C(O)CNC(=O)C1(N)CC1.Cl. The quantitative estimate of drug-likeness (QED) is 0.746. The fourth-order valence-electron chi connectivity index (χ4n) is 1.78. The zero-order valence-corrected chi connectivity index (χ0v) is 11.6. The zero-order valence-electron chi connectivity index (χ0n) is 10.8. The van der Waals surface area contributed by atoms with Crippen molar-refractivity contribution in [3.8, 4) is 5.75 Å². The van der Waals surface area contributed by atoms with E-state index >= 15 is 0 Å². The second kappa shape index (κ2) is 6.23. The molecule has 2 rings (SSSR count). The van der Waals surface area contributed by atoms with Gasteiger partial charge in [0, 0.05) is 12.1 Å². The summed E-state index contributed by atoms with van der Waals surface area (Å²) in [4.78, 5) is 11.6. The molecular weight excluding hydrogens is 268 g/mol. The van der Waals surface area contributed by atoms with Crippen LogP contribution in [0.2, 0.25) is 0 Å². The van der Waals surface area contributed by atoms with Crippen molar-refractivity contribution in [3.05, 3.63) is 29.8 Å². The van der Waals surface area contributed by atoms with Gasteiger partial charge in [-0.3, -0.25) is 4.79 Å². The molecule has 1 aromatic rings. The van der Waals surface area contributed by atoms with Gasteiger partial charge in [-0.15, -0.1) is 12.4 Å². The Kier molecular flexibility index (Phi) is 5.17. The van der Waals surface area contributed by atoms with Gasteiger partial charge in [0.05, 0.1) is 18.8 Å². The first-order valence-electron chi connectivity index (χ1n) is 5.95. The lowest BCUT2D eigenvalue weighted by Crippen LogP contribution is -2.44. The number of nitrogens with one attached hydrogen (secondary N) is 1. The number of hydrogen-bond acceptors (Lipinski definition) is 4. The molecule has 0 aliphatic heterocycles. The third-order valence-corrected chi connectivity index (χ3v) is 3.19. The van der Waals surface area contributed by atoms with E-state index in [0.717, 1.165) is 0 Å². The molecule has 1 amide bonds. The molecule has 19 heavy (non-hydrogen) atoms. The van der Waals surface area contributed by atoms with E-state index < -0.39 is 11.6 Å². The van der Waals surface area contributed by atoms with E-state index in [1.165, 1.54) is 0 Å². The van der Waals surface area contributed by atoms with Crippen molar-refractivity contribution >= 4 is 18.3 Å². The standard InChI is InChI=1S/C13H18N2O3.ClH/c1-18-11-5-3-2-4-9(11)10(16)8-15-12(17)13(14)6-7-13;/h2-5,10,16H,6-8,14H2,1H3,(H,15,17);1H. The number of rotatable bonds is 5. The van der Waals surface area contributed by atoms with Gasteiger partial charge in [0.1, 0.15) is 5.75 Å². The Morgan fingerprint density at radius 3 is 2.74 bits per heavy atom. The number of nitrogens with two attached hydrogens (primary N) is 1. The summed E-state index contributed by atoms with van der Waals surface area (Å²) < 4.78 is 5.16. The minimum atomic E-state index is -0.799. The summed E-state index contributed by atoms with van der Waals surface area (Å²) in [5.74, 6) is 0.407. The maximum absolute atomic E-state index is 11.6. The Morgan fingerprint density at radius 2 is 2.16 bits per heavy atom. The third-order valence-electron chi connectivity index (χ3n) is 3.19. The van der Waals surface area contributed by atoms with Gasteiger partial charge < -0.3 is 20.9 Å². The molecule has 0 heterocycles. The lowest BCUT2D eigenvalue weighted by Gasteiger charge is -2.16. The van der Waals surface area contributed by atoms with Crippen LogP contribution in [0.5, 0.6) is 5.75 Å². The molecule has 0 radical (unpaired) electrons. The maximum atomic E-state index is 11.6. The first-order valence-corrected chi connectivity index (χ1v) is 5.95. The van der Waals surface area contributed by atoms with Crippen LogP contribution in [0.4, 0.5) is 0 Å². The van der Waals surface area contributed by atoms with Crippen molar-refractivity contribution in [1.82, 2.24) is 5.32 Å². The van der Waals surface area contributed by atoms with Crippen molar-refractivity contribution in [2.75, 3.05) is 13.7 Å². The summed E-state index contributed by atoms with van der Waals surface area (Å²) in [5.41, 5.74) is 5.70. The predicted octanol–water partition coefficient (Wildman–Crippen LogP) is 0.758. The van der Waals surface area contributed by atoms with Crippen LogP contribution in [-0.2, 0) is 4.79 Å². The number of carbonyl (C=O) groups is 1. The first kappa shape index (κ1) is 15.8. The van der Waals surface area contributed by atoms with Gasteiger partial charge >= 0.3 is 0 Å². The van der Waals surface area contributed by atoms with Crippen LogP contribution in [0.25, 0.3) is 0 Å². The topological polar surface area (TPSA) is 84.6 Å². The van der Waals surface area contributed by atoms with Crippen molar-refractivity contribution in [1.29, 1.82) is 0 Å². The fourth-order valence-corrected chi connectivity index (χ4v) is 1.78. The summed E-state index contributed by atoms with van der Waals surface area (Å²) in [6.45, 7) is 0.137. The highest BCUT2D eigenvalue weighted by Gasteiger charge is 2.45. The van der Waals surface area contributed by atoms with Gasteiger partial charge in [-0.2, -0.15) is 0 Å². The van der Waals surface area contributed by atoms with Gasteiger partial charge in [0.2, 0.25) is 5.91 Å². The number of aliphatic hydroxyl groups is 1. The molecule has 1 aliphatic rings. The average molecular weight is 287 g/mol. The lowest BCUT2D eigenvalue weighted by molar-refractivity contribution is -0.123. The summed E-state index contributed by atoms with van der Waals surface area (Å²) in [6.07, 6.45) is 0.625. The van der Waals surface area contributed by atoms with E-state index in [1.807, 2.05) is 12.1 Å². The Hall–Kier alpha value is -1.30. The Labute approximate surface area is 118 Å². The summed E-state index contributed by atoms with van der Waals surface area (Å²) in [7, 11) is 1.54. The average Bonchev–Trinajstić information content (AvgIpc) is 3.14. The zero-order chi connectivity index (χ0) is 13.2.